The third-order valence-electron chi connectivity index (χ3n) is 5.97. The fraction of sp³-hybridized carbons (Fsp3) is 0.500. The highest BCUT2D eigenvalue weighted by molar-refractivity contribution is 5.45. The lowest BCUT2D eigenvalue weighted by Crippen LogP contribution is -3.12. The third-order valence-corrected chi connectivity index (χ3v) is 5.97. The van der Waals surface area contributed by atoms with Gasteiger partial charge in [-0.3, -0.25) is 0 Å². The largest absolute Gasteiger partial charge is 0.493 e. The average Bonchev–Trinajstić information content (AvgIpc) is 3.21. The maximum atomic E-state index is 10.5. The lowest BCUT2D eigenvalue weighted by Gasteiger charge is -2.33. The normalized spacial score (nSPS) is 17.5. The van der Waals surface area contributed by atoms with Crippen LogP contribution in [0.5, 0.6) is 17.2 Å². The molecule has 0 bridgehead atoms. The predicted molar refractivity (Wildman–Crippen MR) is 114 cm³/mol. The molecule has 0 spiro atoms. The molecule has 0 aliphatic heterocycles. The molecule has 2 N–H and O–H groups in total. The van der Waals surface area contributed by atoms with Gasteiger partial charge < -0.3 is 24.2 Å². The number of methoxy groups -OCH3 is 2. The number of quaternary nitrogens is 1. The minimum Gasteiger partial charge on any atom is -0.493 e. The van der Waals surface area contributed by atoms with E-state index < -0.39 is 6.10 Å². The third kappa shape index (κ3) is 5.43. The number of ether oxygens (including phenoxy) is 3. The van der Waals surface area contributed by atoms with Gasteiger partial charge in [-0.25, -0.2) is 0 Å². The van der Waals surface area contributed by atoms with Crippen molar-refractivity contribution in [3.8, 4) is 17.2 Å². The Morgan fingerprint density at radius 2 is 1.69 bits per heavy atom. The zero-order valence-electron chi connectivity index (χ0n) is 17.8. The maximum Gasteiger partial charge on any atom is 0.161 e. The molecular weight excluding hydrogens is 366 g/mol. The van der Waals surface area contributed by atoms with Crippen LogP contribution in [-0.4, -0.2) is 52.2 Å². The lowest BCUT2D eigenvalue weighted by molar-refractivity contribution is -0.887. The predicted octanol–water partition coefficient (Wildman–Crippen LogP) is 2.47. The second kappa shape index (κ2) is 9.99. The van der Waals surface area contributed by atoms with Gasteiger partial charge in [0.2, 0.25) is 0 Å². The van der Waals surface area contributed by atoms with Gasteiger partial charge in [0.05, 0.1) is 27.8 Å². The van der Waals surface area contributed by atoms with E-state index in [1.54, 1.807) is 14.2 Å². The maximum absolute atomic E-state index is 10.5. The van der Waals surface area contributed by atoms with Crippen LogP contribution in [0, 0.1) is 0 Å². The van der Waals surface area contributed by atoms with E-state index in [0.29, 0.717) is 13.2 Å². The zero-order valence-corrected chi connectivity index (χ0v) is 17.8. The quantitative estimate of drug-likeness (QED) is 0.643. The molecule has 1 unspecified atom stereocenters. The summed E-state index contributed by atoms with van der Waals surface area (Å²) in [7, 11) is 5.51. The summed E-state index contributed by atoms with van der Waals surface area (Å²) in [5.41, 5.74) is 1.42. The van der Waals surface area contributed by atoms with E-state index >= 15 is 0 Å². The van der Waals surface area contributed by atoms with Gasteiger partial charge in [-0.15, -0.1) is 0 Å². The molecule has 29 heavy (non-hydrogen) atoms. The number of aliphatic hydroxyl groups excluding tert-OH is 1. The summed E-state index contributed by atoms with van der Waals surface area (Å²) < 4.78 is 16.7. The van der Waals surface area contributed by atoms with Crippen molar-refractivity contribution in [3.05, 3.63) is 54.1 Å². The molecule has 1 aliphatic carbocycles. The number of aliphatic hydroxyl groups is 1. The van der Waals surface area contributed by atoms with Crippen molar-refractivity contribution in [1.29, 1.82) is 0 Å². The Balaban J connectivity index is 1.63. The van der Waals surface area contributed by atoms with Crippen LogP contribution in [-0.2, 0) is 5.41 Å². The summed E-state index contributed by atoms with van der Waals surface area (Å²) in [5.74, 6) is 2.34. The monoisotopic (exact) mass is 400 g/mol. The van der Waals surface area contributed by atoms with Gasteiger partial charge in [-0.1, -0.05) is 37.1 Å². The van der Waals surface area contributed by atoms with Crippen LogP contribution in [0.2, 0.25) is 0 Å². The molecule has 0 amide bonds. The summed E-state index contributed by atoms with van der Waals surface area (Å²) >= 11 is 0. The van der Waals surface area contributed by atoms with E-state index in [4.69, 9.17) is 14.2 Å². The van der Waals surface area contributed by atoms with Crippen LogP contribution in [0.25, 0.3) is 0 Å². The Morgan fingerprint density at radius 1 is 1.00 bits per heavy atom. The molecule has 2 aromatic carbocycles. The summed E-state index contributed by atoms with van der Waals surface area (Å²) in [6.45, 7) is 1.94. The fourth-order valence-corrected chi connectivity index (χ4v) is 4.61. The Hall–Kier alpha value is -2.24. The molecule has 0 heterocycles. The molecule has 0 radical (unpaired) electrons. The van der Waals surface area contributed by atoms with Crippen molar-refractivity contribution in [3.63, 3.8) is 0 Å². The summed E-state index contributed by atoms with van der Waals surface area (Å²) in [4.78, 5) is 1.31. The minimum absolute atomic E-state index is 0.115. The molecule has 158 valence electrons. The van der Waals surface area contributed by atoms with Crippen LogP contribution >= 0.6 is 0 Å². The van der Waals surface area contributed by atoms with Crippen LogP contribution in [0.4, 0.5) is 0 Å². The highest BCUT2D eigenvalue weighted by Crippen LogP contribution is 2.42. The molecule has 5 heteroatoms. The number of likely N-dealkylation sites (N-methyl/N-ethyl adjacent to an activating group) is 1. The number of nitrogens with one attached hydrogen (secondary N) is 1. The van der Waals surface area contributed by atoms with E-state index in [1.807, 2.05) is 36.4 Å². The highest BCUT2D eigenvalue weighted by atomic mass is 16.5. The standard InChI is InChI=1S/C24H33NO4/c1-25(16-20(26)17-29-21-9-5-4-6-10-21)18-24(13-7-8-14-24)19-11-12-22(27-2)23(15-19)28-3/h4-6,9-12,15,20,26H,7-8,13-14,16-18H2,1-3H3/p+1/t20-/m0/s1. The van der Waals surface area contributed by atoms with Gasteiger partial charge in [0, 0.05) is 5.41 Å². The summed E-state index contributed by atoms with van der Waals surface area (Å²) in [6, 6.07) is 16.0. The van der Waals surface area contributed by atoms with Crippen LogP contribution in [0.15, 0.2) is 48.5 Å². The number of rotatable bonds is 10. The van der Waals surface area contributed by atoms with Crippen LogP contribution in [0.3, 0.4) is 0 Å². The number of para-hydroxylation sites is 1. The fourth-order valence-electron chi connectivity index (χ4n) is 4.61. The molecule has 5 nitrogen and oxygen atoms in total. The average molecular weight is 401 g/mol. The van der Waals surface area contributed by atoms with E-state index in [0.717, 1.165) is 36.6 Å². The van der Waals surface area contributed by atoms with Crippen LogP contribution in [0.1, 0.15) is 31.2 Å². The Kier molecular flexibility index (Phi) is 7.40. The zero-order chi connectivity index (χ0) is 20.7. The van der Waals surface area contributed by atoms with Gasteiger partial charge in [-0.05, 0) is 42.7 Å². The number of hydrogen-bond acceptors (Lipinski definition) is 4. The lowest BCUT2D eigenvalue weighted by atomic mass is 9.78. The summed E-state index contributed by atoms with van der Waals surface area (Å²) in [5, 5.41) is 10.5. The first kappa shape index (κ1) is 21.5. The SMILES string of the molecule is COc1ccc(C2(C[NH+](C)C[C@H](O)COc3ccccc3)CCCC2)cc1OC. The molecule has 1 aliphatic rings. The second-order valence-corrected chi connectivity index (χ2v) is 8.17. The second-order valence-electron chi connectivity index (χ2n) is 8.17. The van der Waals surface area contributed by atoms with Crippen molar-refractivity contribution in [2.45, 2.75) is 37.2 Å². The first-order valence-corrected chi connectivity index (χ1v) is 10.5. The van der Waals surface area contributed by atoms with Crippen LogP contribution < -0.4 is 19.1 Å². The van der Waals surface area contributed by atoms with Crippen molar-refractivity contribution < 1.29 is 24.2 Å². The topological polar surface area (TPSA) is 52.4 Å². The highest BCUT2D eigenvalue weighted by Gasteiger charge is 2.39. The molecule has 0 aromatic heterocycles. The molecule has 2 atom stereocenters. The van der Waals surface area contributed by atoms with Gasteiger partial charge in [0.1, 0.15) is 25.0 Å². The molecular formula is C24H34NO4+. The molecule has 1 saturated carbocycles. The number of benzene rings is 2. The van der Waals surface area contributed by atoms with E-state index in [1.165, 1.54) is 23.3 Å². The smallest absolute Gasteiger partial charge is 0.161 e. The molecule has 3 rings (SSSR count). The number of hydrogen-bond donors (Lipinski definition) is 2. The van der Waals surface area contributed by atoms with E-state index in [9.17, 15) is 5.11 Å². The van der Waals surface area contributed by atoms with E-state index in [2.05, 4.69) is 19.2 Å². The Bertz CT molecular complexity index is 759. The van der Waals surface area contributed by atoms with Gasteiger partial charge in [-0.2, -0.15) is 0 Å². The van der Waals surface area contributed by atoms with Crippen molar-refractivity contribution in [1.82, 2.24) is 0 Å². The van der Waals surface area contributed by atoms with Gasteiger partial charge in [0.25, 0.3) is 0 Å². The van der Waals surface area contributed by atoms with E-state index in [-0.39, 0.29) is 5.41 Å². The minimum atomic E-state index is -0.501. The molecule has 1 fully saturated rings. The van der Waals surface area contributed by atoms with Crippen molar-refractivity contribution in [2.24, 2.45) is 0 Å². The molecule has 0 saturated heterocycles. The first-order chi connectivity index (χ1) is 14.1. The van der Waals surface area contributed by atoms with Crippen molar-refractivity contribution >= 4 is 0 Å². The summed E-state index contributed by atoms with van der Waals surface area (Å²) in [6.07, 6.45) is 4.30. The molecule has 2 aromatic rings. The Morgan fingerprint density at radius 3 is 2.34 bits per heavy atom. The first-order valence-electron chi connectivity index (χ1n) is 10.5. The van der Waals surface area contributed by atoms with Gasteiger partial charge in [0.15, 0.2) is 11.5 Å². The Labute approximate surface area is 174 Å². The van der Waals surface area contributed by atoms with Gasteiger partial charge >= 0.3 is 0 Å². The van der Waals surface area contributed by atoms with Crippen molar-refractivity contribution in [2.75, 3.05) is 41.0 Å².